The Labute approximate surface area is 153 Å². The van der Waals surface area contributed by atoms with Crippen LogP contribution in [0.15, 0.2) is 24.3 Å². The first kappa shape index (κ1) is 19.2. The first-order valence-corrected chi connectivity index (χ1v) is 8.20. The third-order valence-electron chi connectivity index (χ3n) is 4.28. The van der Waals surface area contributed by atoms with Crippen molar-refractivity contribution in [2.24, 2.45) is 7.05 Å². The number of aromatic nitrogens is 3. The largest absolute Gasteiger partial charge is 0.496 e. The van der Waals surface area contributed by atoms with Gasteiger partial charge in [-0.2, -0.15) is 10.1 Å². The van der Waals surface area contributed by atoms with Crippen molar-refractivity contribution in [3.63, 3.8) is 0 Å². The number of hydrogen-bond donors (Lipinski definition) is 2. The maximum Gasteiger partial charge on any atom is 0.231 e. The van der Waals surface area contributed by atoms with Crippen molar-refractivity contribution in [2.45, 2.75) is 25.2 Å². The Hall–Kier alpha value is -2.12. The number of nitrogens with one attached hydrogen (secondary N) is 2. The topological polar surface area (TPSA) is 81.1 Å². The molecule has 2 heterocycles. The maximum absolute atomic E-state index is 12.3. The quantitative estimate of drug-likeness (QED) is 0.845. The average molecular weight is 366 g/mol. The number of anilines is 1. The van der Waals surface area contributed by atoms with Crippen LogP contribution in [-0.2, 0) is 18.3 Å². The third kappa shape index (κ3) is 4.70. The standard InChI is InChI=1S/C17H23N5O2.ClH/c1-22-17(20-16(21-22)12-7-9-18-10-8-12)19-15(23)11-13-5-3-4-6-14(13)24-2;/h3-6,12,18H,7-11H2,1-2H3,(H,19,20,21,23);1H. The first-order chi connectivity index (χ1) is 11.7. The summed E-state index contributed by atoms with van der Waals surface area (Å²) in [5, 5.41) is 10.6. The summed E-state index contributed by atoms with van der Waals surface area (Å²) < 4.78 is 6.92. The maximum atomic E-state index is 12.3. The molecule has 136 valence electrons. The van der Waals surface area contributed by atoms with E-state index in [1.165, 1.54) is 0 Å². The molecule has 1 aromatic carbocycles. The van der Waals surface area contributed by atoms with Crippen LogP contribution in [0.2, 0.25) is 0 Å². The fraction of sp³-hybridized carbons (Fsp3) is 0.471. The Morgan fingerprint density at radius 1 is 1.36 bits per heavy atom. The zero-order valence-electron chi connectivity index (χ0n) is 14.5. The van der Waals surface area contributed by atoms with Gasteiger partial charge in [0, 0.05) is 18.5 Å². The SMILES string of the molecule is COc1ccccc1CC(=O)Nc1nc(C2CCNCC2)nn1C.Cl. The molecule has 0 atom stereocenters. The number of aryl methyl sites for hydroxylation is 1. The van der Waals surface area contributed by atoms with Gasteiger partial charge in [0.15, 0.2) is 5.82 Å². The monoisotopic (exact) mass is 365 g/mol. The van der Waals surface area contributed by atoms with Crippen LogP contribution in [0, 0.1) is 0 Å². The number of halogens is 1. The van der Waals surface area contributed by atoms with Crippen LogP contribution < -0.4 is 15.4 Å². The van der Waals surface area contributed by atoms with E-state index in [1.807, 2.05) is 24.3 Å². The summed E-state index contributed by atoms with van der Waals surface area (Å²) in [5.41, 5.74) is 0.846. The summed E-state index contributed by atoms with van der Waals surface area (Å²) in [4.78, 5) is 16.8. The highest BCUT2D eigenvalue weighted by Gasteiger charge is 2.21. The van der Waals surface area contributed by atoms with Crippen LogP contribution in [0.25, 0.3) is 0 Å². The molecule has 0 bridgehead atoms. The second-order valence-electron chi connectivity index (χ2n) is 5.98. The van der Waals surface area contributed by atoms with Crippen molar-refractivity contribution >= 4 is 24.3 Å². The van der Waals surface area contributed by atoms with E-state index >= 15 is 0 Å². The van der Waals surface area contributed by atoms with Gasteiger partial charge < -0.3 is 10.1 Å². The van der Waals surface area contributed by atoms with Gasteiger partial charge in [0.25, 0.3) is 0 Å². The zero-order chi connectivity index (χ0) is 16.9. The van der Waals surface area contributed by atoms with Crippen LogP contribution in [0.4, 0.5) is 5.95 Å². The number of carbonyl (C=O) groups excluding carboxylic acids is 1. The number of carbonyl (C=O) groups is 1. The fourth-order valence-electron chi connectivity index (χ4n) is 2.96. The molecule has 0 unspecified atom stereocenters. The van der Waals surface area contributed by atoms with E-state index in [0.29, 0.717) is 17.6 Å². The van der Waals surface area contributed by atoms with Gasteiger partial charge in [0.05, 0.1) is 13.5 Å². The van der Waals surface area contributed by atoms with Gasteiger partial charge in [-0.25, -0.2) is 4.68 Å². The van der Waals surface area contributed by atoms with Crippen molar-refractivity contribution in [3.8, 4) is 5.75 Å². The predicted octanol–water partition coefficient (Wildman–Crippen LogP) is 1.89. The number of ether oxygens (including phenoxy) is 1. The fourth-order valence-corrected chi connectivity index (χ4v) is 2.96. The lowest BCUT2D eigenvalue weighted by Gasteiger charge is -2.19. The number of hydrogen-bond acceptors (Lipinski definition) is 5. The number of methoxy groups -OCH3 is 1. The molecule has 8 heteroatoms. The van der Waals surface area contributed by atoms with Gasteiger partial charge in [-0.15, -0.1) is 12.4 Å². The van der Waals surface area contributed by atoms with Crippen molar-refractivity contribution in [2.75, 3.05) is 25.5 Å². The lowest BCUT2D eigenvalue weighted by Crippen LogP contribution is -2.27. The van der Waals surface area contributed by atoms with E-state index in [4.69, 9.17) is 4.74 Å². The van der Waals surface area contributed by atoms with Gasteiger partial charge in [-0.3, -0.25) is 10.1 Å². The van der Waals surface area contributed by atoms with Crippen LogP contribution in [0.1, 0.15) is 30.1 Å². The molecule has 0 spiro atoms. The molecule has 0 radical (unpaired) electrons. The van der Waals surface area contributed by atoms with Crippen molar-refractivity contribution < 1.29 is 9.53 Å². The minimum Gasteiger partial charge on any atom is -0.496 e. The van der Waals surface area contributed by atoms with Gasteiger partial charge in [0.1, 0.15) is 5.75 Å². The molecule has 2 aromatic rings. The number of amides is 1. The molecule has 2 N–H and O–H groups in total. The predicted molar refractivity (Wildman–Crippen MR) is 98.4 cm³/mol. The Morgan fingerprint density at radius 2 is 2.08 bits per heavy atom. The van der Waals surface area contributed by atoms with Gasteiger partial charge in [-0.1, -0.05) is 18.2 Å². The van der Waals surface area contributed by atoms with Crippen molar-refractivity contribution in [1.82, 2.24) is 20.1 Å². The molecular weight excluding hydrogens is 342 g/mol. The van der Waals surface area contributed by atoms with Crippen LogP contribution in [0.5, 0.6) is 5.75 Å². The number of piperidine rings is 1. The second kappa shape index (κ2) is 8.82. The molecule has 7 nitrogen and oxygen atoms in total. The van der Waals surface area contributed by atoms with Crippen molar-refractivity contribution in [1.29, 1.82) is 0 Å². The van der Waals surface area contributed by atoms with E-state index in [9.17, 15) is 4.79 Å². The Kier molecular flexibility index (Phi) is 6.78. The number of rotatable bonds is 5. The lowest BCUT2D eigenvalue weighted by atomic mass is 9.98. The lowest BCUT2D eigenvalue weighted by molar-refractivity contribution is -0.115. The number of para-hydroxylation sites is 1. The summed E-state index contributed by atoms with van der Waals surface area (Å²) in [5.74, 6) is 2.24. The molecule has 3 rings (SSSR count). The molecule has 0 saturated carbocycles. The highest BCUT2D eigenvalue weighted by atomic mass is 35.5. The highest BCUT2D eigenvalue weighted by Crippen LogP contribution is 2.23. The minimum atomic E-state index is -0.133. The highest BCUT2D eigenvalue weighted by molar-refractivity contribution is 5.91. The normalized spacial score (nSPS) is 14.6. The second-order valence-corrected chi connectivity index (χ2v) is 5.98. The van der Waals surface area contributed by atoms with Crippen LogP contribution >= 0.6 is 12.4 Å². The summed E-state index contributed by atoms with van der Waals surface area (Å²) >= 11 is 0. The van der Waals surface area contributed by atoms with E-state index in [-0.39, 0.29) is 24.7 Å². The molecule has 1 amide bonds. The molecule has 1 aliphatic rings. The molecule has 0 aliphatic carbocycles. The van der Waals surface area contributed by atoms with Gasteiger partial charge in [0.2, 0.25) is 11.9 Å². The zero-order valence-corrected chi connectivity index (χ0v) is 15.3. The molecule has 1 saturated heterocycles. The average Bonchev–Trinajstić information content (AvgIpc) is 2.97. The summed E-state index contributed by atoms with van der Waals surface area (Å²) in [6.07, 6.45) is 2.29. The van der Waals surface area contributed by atoms with E-state index in [0.717, 1.165) is 37.3 Å². The summed E-state index contributed by atoms with van der Waals surface area (Å²) in [7, 11) is 3.40. The smallest absolute Gasteiger partial charge is 0.231 e. The Balaban J connectivity index is 0.00000225. The summed E-state index contributed by atoms with van der Waals surface area (Å²) in [6.45, 7) is 1.97. The van der Waals surface area contributed by atoms with Gasteiger partial charge >= 0.3 is 0 Å². The van der Waals surface area contributed by atoms with Crippen LogP contribution in [-0.4, -0.2) is 40.9 Å². The Bertz CT molecular complexity index is 713. The van der Waals surface area contributed by atoms with E-state index in [1.54, 1.807) is 18.8 Å². The molecule has 1 aliphatic heterocycles. The molecule has 25 heavy (non-hydrogen) atoms. The van der Waals surface area contributed by atoms with Crippen molar-refractivity contribution in [3.05, 3.63) is 35.7 Å². The van der Waals surface area contributed by atoms with Crippen LogP contribution in [0.3, 0.4) is 0 Å². The molecule has 1 aromatic heterocycles. The summed E-state index contributed by atoms with van der Waals surface area (Å²) in [6, 6.07) is 7.51. The number of nitrogens with zero attached hydrogens (tertiary/aromatic N) is 3. The minimum absolute atomic E-state index is 0. The van der Waals surface area contributed by atoms with E-state index < -0.39 is 0 Å². The molecule has 1 fully saturated rings. The first-order valence-electron chi connectivity index (χ1n) is 8.20. The van der Waals surface area contributed by atoms with Gasteiger partial charge in [-0.05, 0) is 32.0 Å². The Morgan fingerprint density at radius 3 is 2.80 bits per heavy atom. The third-order valence-corrected chi connectivity index (χ3v) is 4.28. The van der Waals surface area contributed by atoms with E-state index in [2.05, 4.69) is 20.7 Å². The molecular formula is C17H24ClN5O2. The number of benzene rings is 1.